The van der Waals surface area contributed by atoms with Gasteiger partial charge in [0.25, 0.3) is 5.91 Å². The second-order valence-corrected chi connectivity index (χ2v) is 9.31. The van der Waals surface area contributed by atoms with E-state index in [2.05, 4.69) is 5.32 Å². The zero-order chi connectivity index (χ0) is 27.1. The van der Waals surface area contributed by atoms with Gasteiger partial charge in [0, 0.05) is 28.6 Å². The molecule has 4 rings (SSSR count). The van der Waals surface area contributed by atoms with E-state index in [1.54, 1.807) is 43.5 Å². The molecule has 0 aliphatic rings. The van der Waals surface area contributed by atoms with E-state index in [1.165, 1.54) is 6.07 Å². The van der Waals surface area contributed by atoms with Crippen molar-refractivity contribution in [2.24, 2.45) is 0 Å². The molecule has 38 heavy (non-hydrogen) atoms. The number of anilines is 1. The highest BCUT2D eigenvalue weighted by molar-refractivity contribution is 7.80. The van der Waals surface area contributed by atoms with Crippen molar-refractivity contribution in [1.29, 1.82) is 0 Å². The number of fused-ring (bicyclic) bond motifs is 3. The minimum absolute atomic E-state index is 0.0612. The van der Waals surface area contributed by atoms with Crippen LogP contribution >= 0.6 is 0 Å². The number of benzene rings is 3. The Bertz CT molecular complexity index is 1440. The number of carbonyl (C=O) groups is 2. The third-order valence-electron chi connectivity index (χ3n) is 6.00. The molecular formula is C27H27N2O8S-. The SMILES string of the molecule is COc1ccc(OCC(=O)NCCCCC(C(=O)O)N(c2ccc3oc4ccccc4c3c2)S(=O)[O-])cc1. The number of carboxylic acids is 1. The minimum Gasteiger partial charge on any atom is -0.755 e. The predicted molar refractivity (Wildman–Crippen MR) is 142 cm³/mol. The zero-order valence-corrected chi connectivity index (χ0v) is 21.4. The highest BCUT2D eigenvalue weighted by atomic mass is 32.2. The lowest BCUT2D eigenvalue weighted by Gasteiger charge is -2.32. The maximum absolute atomic E-state index is 12.1. The van der Waals surface area contributed by atoms with Crippen LogP contribution in [0.15, 0.2) is 71.1 Å². The number of para-hydroxylation sites is 1. The Labute approximate surface area is 221 Å². The maximum atomic E-state index is 12.1. The van der Waals surface area contributed by atoms with Gasteiger partial charge in [0.1, 0.15) is 28.7 Å². The van der Waals surface area contributed by atoms with E-state index in [4.69, 9.17) is 13.9 Å². The number of rotatable bonds is 13. The fourth-order valence-electron chi connectivity index (χ4n) is 4.12. The van der Waals surface area contributed by atoms with Gasteiger partial charge < -0.3 is 28.9 Å². The molecule has 0 radical (unpaired) electrons. The van der Waals surface area contributed by atoms with Crippen LogP contribution in [0, 0.1) is 0 Å². The molecule has 200 valence electrons. The van der Waals surface area contributed by atoms with E-state index in [0.717, 1.165) is 9.69 Å². The fourth-order valence-corrected chi connectivity index (χ4v) is 4.81. The highest BCUT2D eigenvalue weighted by Crippen LogP contribution is 2.33. The number of hydrogen-bond acceptors (Lipinski definition) is 7. The van der Waals surface area contributed by atoms with Gasteiger partial charge in [-0.25, -0.2) is 4.79 Å². The van der Waals surface area contributed by atoms with Crippen LogP contribution in [-0.2, 0) is 20.9 Å². The molecule has 0 fully saturated rings. The normalized spacial score (nSPS) is 12.7. The number of ether oxygens (including phenoxy) is 2. The molecule has 10 nitrogen and oxygen atoms in total. The number of unbranched alkanes of at least 4 members (excludes halogenated alkanes) is 1. The Kier molecular flexibility index (Phi) is 8.82. The van der Waals surface area contributed by atoms with Crippen LogP contribution in [0.1, 0.15) is 19.3 Å². The molecule has 0 saturated carbocycles. The summed E-state index contributed by atoms with van der Waals surface area (Å²) in [6.45, 7) is 0.128. The standard InChI is InChI=1S/C27H28N2O8S/c1-35-19-10-12-20(13-11-19)36-17-26(30)28-15-5-4-7-23(27(31)32)29(38(33)34)18-9-14-25-22(16-18)21-6-2-3-8-24(21)37-25/h2-3,6,8-14,16,23H,4-5,7,15,17H2,1H3,(H,28,30)(H,31,32)(H,33,34)/p-1. The van der Waals surface area contributed by atoms with E-state index >= 15 is 0 Å². The van der Waals surface area contributed by atoms with E-state index in [1.807, 2.05) is 24.3 Å². The van der Waals surface area contributed by atoms with Crippen molar-refractivity contribution in [3.63, 3.8) is 0 Å². The van der Waals surface area contributed by atoms with Crippen molar-refractivity contribution < 1.29 is 37.3 Å². The Morgan fingerprint density at radius 3 is 2.45 bits per heavy atom. The minimum atomic E-state index is -2.83. The Hall–Kier alpha value is -4.09. The van der Waals surface area contributed by atoms with Crippen molar-refractivity contribution in [2.45, 2.75) is 25.3 Å². The summed E-state index contributed by atoms with van der Waals surface area (Å²) in [5, 5.41) is 14.0. The average Bonchev–Trinajstić information content (AvgIpc) is 3.29. The predicted octanol–water partition coefficient (Wildman–Crippen LogP) is 4.01. The summed E-state index contributed by atoms with van der Waals surface area (Å²) < 4.78 is 41.4. The van der Waals surface area contributed by atoms with Gasteiger partial charge >= 0.3 is 5.97 Å². The smallest absolute Gasteiger partial charge is 0.327 e. The summed E-state index contributed by atoms with van der Waals surface area (Å²) in [4.78, 5) is 24.1. The second-order valence-electron chi connectivity index (χ2n) is 8.49. The number of amides is 1. The Balaban J connectivity index is 1.32. The van der Waals surface area contributed by atoms with Crippen LogP contribution in [0.5, 0.6) is 11.5 Å². The molecule has 1 aromatic heterocycles. The van der Waals surface area contributed by atoms with Crippen LogP contribution in [0.2, 0.25) is 0 Å². The summed E-state index contributed by atoms with van der Waals surface area (Å²) >= 11 is -2.83. The number of methoxy groups -OCH3 is 1. The molecule has 2 atom stereocenters. The van der Waals surface area contributed by atoms with E-state index in [0.29, 0.717) is 47.4 Å². The van der Waals surface area contributed by atoms with Crippen molar-refractivity contribution >= 4 is 50.8 Å². The maximum Gasteiger partial charge on any atom is 0.327 e. The summed E-state index contributed by atoms with van der Waals surface area (Å²) in [5.41, 5.74) is 1.46. The first kappa shape index (κ1) is 27.0. The van der Waals surface area contributed by atoms with Crippen LogP contribution in [-0.4, -0.2) is 52.0 Å². The molecule has 3 aromatic carbocycles. The number of hydrogen-bond donors (Lipinski definition) is 2. The lowest BCUT2D eigenvalue weighted by molar-refractivity contribution is -0.138. The number of aliphatic carboxylic acids is 1. The molecule has 2 unspecified atom stereocenters. The van der Waals surface area contributed by atoms with Gasteiger partial charge in [-0.15, -0.1) is 0 Å². The highest BCUT2D eigenvalue weighted by Gasteiger charge is 2.27. The van der Waals surface area contributed by atoms with Gasteiger partial charge in [0.05, 0.1) is 12.8 Å². The quantitative estimate of drug-likeness (QED) is 0.192. The monoisotopic (exact) mass is 539 g/mol. The lowest BCUT2D eigenvalue weighted by Crippen LogP contribution is -2.42. The number of carbonyl (C=O) groups excluding carboxylic acids is 1. The summed E-state index contributed by atoms with van der Waals surface area (Å²) in [5.74, 6) is -0.379. The molecule has 0 bridgehead atoms. The van der Waals surface area contributed by atoms with E-state index in [-0.39, 0.29) is 24.6 Å². The zero-order valence-electron chi connectivity index (χ0n) is 20.6. The third-order valence-corrected chi connectivity index (χ3v) is 6.79. The number of nitrogens with zero attached hydrogens (tertiary/aromatic N) is 1. The molecule has 0 aliphatic heterocycles. The summed E-state index contributed by atoms with van der Waals surface area (Å²) in [6, 6.07) is 17.6. The molecule has 11 heteroatoms. The third kappa shape index (κ3) is 6.42. The van der Waals surface area contributed by atoms with E-state index < -0.39 is 23.3 Å². The molecule has 1 amide bonds. The number of carboxylic acid groups (broad SMARTS) is 1. The number of furan rings is 1. The van der Waals surface area contributed by atoms with Crippen molar-refractivity contribution in [3.05, 3.63) is 66.7 Å². The topological polar surface area (TPSA) is 141 Å². The van der Waals surface area contributed by atoms with Crippen molar-refractivity contribution in [1.82, 2.24) is 5.32 Å². The fraction of sp³-hybridized carbons (Fsp3) is 0.259. The molecule has 0 aliphatic carbocycles. The van der Waals surface area contributed by atoms with Crippen LogP contribution in [0.3, 0.4) is 0 Å². The Morgan fingerprint density at radius 2 is 1.74 bits per heavy atom. The van der Waals surface area contributed by atoms with E-state index in [9.17, 15) is 23.5 Å². The van der Waals surface area contributed by atoms with Crippen molar-refractivity contribution in [2.75, 3.05) is 24.6 Å². The van der Waals surface area contributed by atoms with Gasteiger partial charge in [-0.2, -0.15) is 0 Å². The molecule has 4 aromatic rings. The first-order valence-corrected chi connectivity index (χ1v) is 13.0. The lowest BCUT2D eigenvalue weighted by atomic mass is 10.1. The van der Waals surface area contributed by atoms with Gasteiger partial charge in [0.2, 0.25) is 0 Å². The Morgan fingerprint density at radius 1 is 1.03 bits per heavy atom. The molecule has 1 heterocycles. The molecule has 2 N–H and O–H groups in total. The van der Waals surface area contributed by atoms with Crippen LogP contribution < -0.4 is 19.1 Å². The van der Waals surface area contributed by atoms with Crippen LogP contribution in [0.4, 0.5) is 5.69 Å². The van der Waals surface area contributed by atoms with Crippen LogP contribution in [0.25, 0.3) is 21.9 Å². The largest absolute Gasteiger partial charge is 0.755 e. The van der Waals surface area contributed by atoms with Gasteiger partial charge in [-0.1, -0.05) is 18.2 Å². The first-order valence-electron chi connectivity index (χ1n) is 11.9. The summed E-state index contributed by atoms with van der Waals surface area (Å²) in [7, 11) is 1.56. The second kappa shape index (κ2) is 12.4. The molecule has 0 saturated heterocycles. The van der Waals surface area contributed by atoms with Gasteiger partial charge in [-0.05, 0) is 67.8 Å². The van der Waals surface area contributed by atoms with Gasteiger partial charge in [-0.3, -0.25) is 13.3 Å². The number of nitrogens with one attached hydrogen (secondary N) is 1. The summed E-state index contributed by atoms with van der Waals surface area (Å²) in [6.07, 6.45) is 0.898. The average molecular weight is 540 g/mol. The van der Waals surface area contributed by atoms with Gasteiger partial charge in [0.15, 0.2) is 6.61 Å². The molecule has 0 spiro atoms. The molecular weight excluding hydrogens is 512 g/mol. The van der Waals surface area contributed by atoms with Crippen molar-refractivity contribution in [3.8, 4) is 11.5 Å². The first-order chi connectivity index (χ1) is 18.4.